The molecule has 0 aromatic rings. The normalized spacial score (nSPS) is 18.8. The smallest absolute Gasteiger partial charge is 0.410 e. The van der Waals surface area contributed by atoms with Gasteiger partial charge in [0, 0.05) is 13.1 Å². The molecule has 1 unspecified atom stereocenters. The third-order valence-electron chi connectivity index (χ3n) is 3.22. The molecule has 17 heavy (non-hydrogen) atoms. The summed E-state index contributed by atoms with van der Waals surface area (Å²) >= 11 is 0. The van der Waals surface area contributed by atoms with E-state index in [-0.39, 0.29) is 6.09 Å². The molecule has 1 fully saturated rings. The third kappa shape index (κ3) is 4.19. The summed E-state index contributed by atoms with van der Waals surface area (Å²) in [6.07, 6.45) is 0.987. The van der Waals surface area contributed by atoms with E-state index in [1.807, 2.05) is 27.8 Å². The second kappa shape index (κ2) is 5.71. The van der Waals surface area contributed by atoms with Crippen molar-refractivity contribution in [1.82, 2.24) is 10.2 Å². The lowest BCUT2D eigenvalue weighted by Gasteiger charge is -2.43. The summed E-state index contributed by atoms with van der Waals surface area (Å²) in [7, 11) is 1.98. The quantitative estimate of drug-likeness (QED) is 0.821. The van der Waals surface area contributed by atoms with Gasteiger partial charge in [-0.05, 0) is 46.2 Å². The topological polar surface area (TPSA) is 41.6 Å². The summed E-state index contributed by atoms with van der Waals surface area (Å²) in [5, 5.41) is 3.22. The van der Waals surface area contributed by atoms with Crippen LogP contribution in [0.2, 0.25) is 0 Å². The van der Waals surface area contributed by atoms with Crippen LogP contribution >= 0.6 is 0 Å². The minimum absolute atomic E-state index is 0.173. The molecule has 1 aliphatic heterocycles. The zero-order valence-corrected chi connectivity index (χ0v) is 11.7. The molecule has 1 amide bonds. The van der Waals surface area contributed by atoms with Crippen LogP contribution in [0.25, 0.3) is 0 Å². The molecule has 0 spiro atoms. The van der Waals surface area contributed by atoms with Gasteiger partial charge in [0.1, 0.15) is 5.60 Å². The van der Waals surface area contributed by atoms with E-state index < -0.39 is 5.60 Å². The minimum atomic E-state index is -0.392. The Morgan fingerprint density at radius 3 is 2.47 bits per heavy atom. The molecule has 0 aliphatic carbocycles. The maximum atomic E-state index is 11.7. The van der Waals surface area contributed by atoms with E-state index >= 15 is 0 Å². The van der Waals surface area contributed by atoms with Crippen molar-refractivity contribution in [3.05, 3.63) is 0 Å². The SMILES string of the molecule is CCC(CNC)C1CN(C(=O)OC(C)(C)C)C1. The highest BCUT2D eigenvalue weighted by molar-refractivity contribution is 5.69. The summed E-state index contributed by atoms with van der Waals surface area (Å²) in [5.74, 6) is 1.29. The van der Waals surface area contributed by atoms with Crippen LogP contribution < -0.4 is 5.32 Å². The van der Waals surface area contributed by atoms with Crippen molar-refractivity contribution in [3.8, 4) is 0 Å². The van der Waals surface area contributed by atoms with Crippen LogP contribution in [0.3, 0.4) is 0 Å². The second-order valence-corrected chi connectivity index (χ2v) is 5.87. The molecule has 0 aromatic carbocycles. The van der Waals surface area contributed by atoms with Crippen molar-refractivity contribution in [3.63, 3.8) is 0 Å². The van der Waals surface area contributed by atoms with Gasteiger partial charge in [0.05, 0.1) is 0 Å². The van der Waals surface area contributed by atoms with E-state index in [0.29, 0.717) is 11.8 Å². The fourth-order valence-electron chi connectivity index (χ4n) is 2.19. The molecule has 1 N–H and O–H groups in total. The number of hydrogen-bond donors (Lipinski definition) is 1. The molecule has 0 aromatic heterocycles. The number of nitrogens with one attached hydrogen (secondary N) is 1. The van der Waals surface area contributed by atoms with Gasteiger partial charge in [-0.25, -0.2) is 4.79 Å². The fourth-order valence-corrected chi connectivity index (χ4v) is 2.19. The Hall–Kier alpha value is -0.770. The number of likely N-dealkylation sites (tertiary alicyclic amines) is 1. The number of carbonyl (C=O) groups excluding carboxylic acids is 1. The molecule has 4 nitrogen and oxygen atoms in total. The Bertz CT molecular complexity index is 255. The monoisotopic (exact) mass is 242 g/mol. The Balaban J connectivity index is 2.33. The van der Waals surface area contributed by atoms with E-state index in [2.05, 4.69) is 12.2 Å². The summed E-state index contributed by atoms with van der Waals surface area (Å²) in [6.45, 7) is 10.6. The molecule has 0 radical (unpaired) electrons. The predicted octanol–water partition coefficient (Wildman–Crippen LogP) is 2.10. The number of carbonyl (C=O) groups is 1. The van der Waals surface area contributed by atoms with Crippen molar-refractivity contribution in [2.75, 3.05) is 26.7 Å². The second-order valence-electron chi connectivity index (χ2n) is 5.87. The van der Waals surface area contributed by atoms with Gasteiger partial charge in [0.25, 0.3) is 0 Å². The molecule has 1 saturated heterocycles. The van der Waals surface area contributed by atoms with Crippen LogP contribution in [-0.2, 0) is 4.74 Å². The largest absolute Gasteiger partial charge is 0.444 e. The highest BCUT2D eigenvalue weighted by atomic mass is 16.6. The van der Waals surface area contributed by atoms with Gasteiger partial charge in [-0.3, -0.25) is 0 Å². The molecule has 100 valence electrons. The van der Waals surface area contributed by atoms with Crippen LogP contribution in [0, 0.1) is 11.8 Å². The average Bonchev–Trinajstić information content (AvgIpc) is 2.11. The predicted molar refractivity (Wildman–Crippen MR) is 69.0 cm³/mol. The van der Waals surface area contributed by atoms with Gasteiger partial charge < -0.3 is 15.0 Å². The molecule has 1 heterocycles. The van der Waals surface area contributed by atoms with E-state index in [9.17, 15) is 4.79 Å². The Labute approximate surface area is 105 Å². The summed E-state index contributed by atoms with van der Waals surface area (Å²) in [5.41, 5.74) is -0.392. The van der Waals surface area contributed by atoms with Crippen LogP contribution in [0.15, 0.2) is 0 Å². The number of nitrogens with zero attached hydrogens (tertiary/aromatic N) is 1. The van der Waals surface area contributed by atoms with Crippen LogP contribution in [0.1, 0.15) is 34.1 Å². The summed E-state index contributed by atoms with van der Waals surface area (Å²) in [6, 6.07) is 0. The molecule has 4 heteroatoms. The van der Waals surface area contributed by atoms with Gasteiger partial charge in [-0.1, -0.05) is 13.3 Å². The molecule has 0 saturated carbocycles. The van der Waals surface area contributed by atoms with Crippen molar-refractivity contribution in [2.45, 2.75) is 39.7 Å². The Kier molecular flexibility index (Phi) is 4.80. The van der Waals surface area contributed by atoms with Gasteiger partial charge in [-0.2, -0.15) is 0 Å². The standard InChI is InChI=1S/C13H26N2O2/c1-6-10(7-14-5)11-8-15(9-11)12(16)17-13(2,3)4/h10-11,14H,6-9H2,1-5H3. The minimum Gasteiger partial charge on any atom is -0.444 e. The van der Waals surface area contributed by atoms with Gasteiger partial charge in [-0.15, -0.1) is 0 Å². The van der Waals surface area contributed by atoms with Crippen molar-refractivity contribution < 1.29 is 9.53 Å². The Morgan fingerprint density at radius 1 is 1.47 bits per heavy atom. The lowest BCUT2D eigenvalue weighted by Crippen LogP contribution is -2.55. The number of amides is 1. The van der Waals surface area contributed by atoms with E-state index in [0.717, 1.165) is 26.1 Å². The lowest BCUT2D eigenvalue weighted by atomic mass is 9.84. The zero-order chi connectivity index (χ0) is 13.1. The number of rotatable bonds is 4. The summed E-state index contributed by atoms with van der Waals surface area (Å²) < 4.78 is 5.33. The third-order valence-corrected chi connectivity index (χ3v) is 3.22. The van der Waals surface area contributed by atoms with Crippen LogP contribution in [-0.4, -0.2) is 43.3 Å². The zero-order valence-electron chi connectivity index (χ0n) is 11.7. The van der Waals surface area contributed by atoms with E-state index in [1.165, 1.54) is 0 Å². The van der Waals surface area contributed by atoms with Crippen molar-refractivity contribution in [2.24, 2.45) is 11.8 Å². The summed E-state index contributed by atoms with van der Waals surface area (Å²) in [4.78, 5) is 13.5. The first-order valence-electron chi connectivity index (χ1n) is 6.50. The van der Waals surface area contributed by atoms with Crippen LogP contribution in [0.4, 0.5) is 4.79 Å². The molecule has 0 bridgehead atoms. The highest BCUT2D eigenvalue weighted by Crippen LogP contribution is 2.27. The first-order chi connectivity index (χ1) is 7.87. The molecule has 1 rings (SSSR count). The number of hydrogen-bond acceptors (Lipinski definition) is 3. The van der Waals surface area contributed by atoms with E-state index in [1.54, 1.807) is 4.90 Å². The van der Waals surface area contributed by atoms with Crippen LogP contribution in [0.5, 0.6) is 0 Å². The van der Waals surface area contributed by atoms with Crippen molar-refractivity contribution >= 4 is 6.09 Å². The number of ether oxygens (including phenoxy) is 1. The molecule has 1 atom stereocenters. The average molecular weight is 242 g/mol. The lowest BCUT2D eigenvalue weighted by molar-refractivity contribution is -0.0110. The molecular formula is C13H26N2O2. The van der Waals surface area contributed by atoms with E-state index in [4.69, 9.17) is 4.74 Å². The van der Waals surface area contributed by atoms with Gasteiger partial charge in [0.2, 0.25) is 0 Å². The first-order valence-corrected chi connectivity index (χ1v) is 6.50. The maximum Gasteiger partial charge on any atom is 0.410 e. The Morgan fingerprint density at radius 2 is 2.06 bits per heavy atom. The first kappa shape index (κ1) is 14.3. The molecular weight excluding hydrogens is 216 g/mol. The highest BCUT2D eigenvalue weighted by Gasteiger charge is 2.37. The maximum absolute atomic E-state index is 11.7. The van der Waals surface area contributed by atoms with Gasteiger partial charge >= 0.3 is 6.09 Å². The molecule has 1 aliphatic rings. The van der Waals surface area contributed by atoms with Crippen molar-refractivity contribution in [1.29, 1.82) is 0 Å². The van der Waals surface area contributed by atoms with Gasteiger partial charge in [0.15, 0.2) is 0 Å². The fraction of sp³-hybridized carbons (Fsp3) is 0.923.